The molecule has 2 heterocycles. The molecular weight excluding hydrogens is 244 g/mol. The normalized spacial score (nSPS) is 20.4. The van der Waals surface area contributed by atoms with Crippen LogP contribution in [0.4, 0.5) is 0 Å². The fourth-order valence-electron chi connectivity index (χ4n) is 1.56. The maximum absolute atomic E-state index is 11.9. The van der Waals surface area contributed by atoms with Gasteiger partial charge >= 0.3 is 0 Å². The van der Waals surface area contributed by atoms with Crippen LogP contribution in [-0.2, 0) is 14.8 Å². The maximum atomic E-state index is 11.9. The molecule has 2 rings (SSSR count). The summed E-state index contributed by atoms with van der Waals surface area (Å²) in [5.74, 6) is 0.383. The average molecular weight is 258 g/mol. The van der Waals surface area contributed by atoms with Crippen LogP contribution in [0.25, 0.3) is 0 Å². The van der Waals surface area contributed by atoms with E-state index in [1.165, 1.54) is 25.4 Å². The van der Waals surface area contributed by atoms with Crippen LogP contribution in [0, 0.1) is 0 Å². The third-order valence-corrected chi connectivity index (χ3v) is 3.99. The molecule has 0 bridgehead atoms. The van der Waals surface area contributed by atoms with Gasteiger partial charge in [0.25, 0.3) is 0 Å². The van der Waals surface area contributed by atoms with E-state index in [-0.39, 0.29) is 10.9 Å². The molecule has 0 radical (unpaired) electrons. The molecule has 1 aliphatic heterocycles. The highest BCUT2D eigenvalue weighted by molar-refractivity contribution is 7.89. The molecule has 94 valence electrons. The molecule has 0 unspecified atom stereocenters. The molecule has 1 aromatic heterocycles. The second-order valence-corrected chi connectivity index (χ2v) is 5.43. The molecule has 6 nitrogen and oxygen atoms in total. The molecule has 1 fully saturated rings. The van der Waals surface area contributed by atoms with Crippen molar-refractivity contribution in [2.24, 2.45) is 0 Å². The number of hydrogen-bond acceptors (Lipinski definition) is 5. The van der Waals surface area contributed by atoms with Crippen molar-refractivity contribution < 1.29 is 17.9 Å². The summed E-state index contributed by atoms with van der Waals surface area (Å²) in [6, 6.07) is 2.83. The number of sulfonamides is 1. The quantitative estimate of drug-likeness (QED) is 0.832. The number of aromatic nitrogens is 1. The lowest BCUT2D eigenvalue weighted by Crippen LogP contribution is -2.35. The standard InChI is InChI=1S/C10H14N2O4S/c1-15-10-3-2-9(6-11-10)17(13,14)12-8-4-5-16-7-8/h2-3,6,8,12H,4-5,7H2,1H3/t8-/m0/s1. The van der Waals surface area contributed by atoms with Gasteiger partial charge in [-0.25, -0.2) is 18.1 Å². The first kappa shape index (κ1) is 12.3. The molecule has 0 saturated carbocycles. The summed E-state index contributed by atoms with van der Waals surface area (Å²) in [7, 11) is -2.04. The van der Waals surface area contributed by atoms with Gasteiger partial charge in [-0.05, 0) is 12.5 Å². The molecular formula is C10H14N2O4S. The lowest BCUT2D eigenvalue weighted by atomic mass is 10.3. The Bertz CT molecular complexity index is 466. The average Bonchev–Trinajstić information content (AvgIpc) is 2.81. The third kappa shape index (κ3) is 2.93. The Balaban J connectivity index is 2.12. The summed E-state index contributed by atoms with van der Waals surface area (Å²) in [4.78, 5) is 4.00. The Kier molecular flexibility index (Phi) is 3.60. The zero-order valence-electron chi connectivity index (χ0n) is 9.42. The smallest absolute Gasteiger partial charge is 0.242 e. The lowest BCUT2D eigenvalue weighted by molar-refractivity contribution is 0.192. The van der Waals surface area contributed by atoms with E-state index in [0.717, 1.165) is 0 Å². The van der Waals surface area contributed by atoms with Crippen molar-refractivity contribution >= 4 is 10.0 Å². The molecule has 0 spiro atoms. The monoisotopic (exact) mass is 258 g/mol. The van der Waals surface area contributed by atoms with Crippen LogP contribution in [0.3, 0.4) is 0 Å². The molecule has 0 aromatic carbocycles. The number of pyridine rings is 1. The van der Waals surface area contributed by atoms with Crippen LogP contribution in [0.5, 0.6) is 5.88 Å². The highest BCUT2D eigenvalue weighted by Crippen LogP contribution is 2.14. The van der Waals surface area contributed by atoms with Crippen LogP contribution in [-0.4, -0.2) is 39.8 Å². The fraction of sp³-hybridized carbons (Fsp3) is 0.500. The van der Waals surface area contributed by atoms with Crippen LogP contribution in [0.2, 0.25) is 0 Å². The lowest BCUT2D eigenvalue weighted by Gasteiger charge is -2.11. The minimum atomic E-state index is -3.52. The van der Waals surface area contributed by atoms with Crippen LogP contribution >= 0.6 is 0 Å². The van der Waals surface area contributed by atoms with E-state index < -0.39 is 10.0 Å². The van der Waals surface area contributed by atoms with Gasteiger partial charge < -0.3 is 9.47 Å². The predicted molar refractivity (Wildman–Crippen MR) is 60.3 cm³/mol. The Morgan fingerprint density at radius 3 is 2.88 bits per heavy atom. The van der Waals surface area contributed by atoms with Gasteiger partial charge in [0, 0.05) is 18.7 Å². The van der Waals surface area contributed by atoms with Crippen molar-refractivity contribution in [2.75, 3.05) is 20.3 Å². The van der Waals surface area contributed by atoms with Crippen LogP contribution < -0.4 is 9.46 Å². The topological polar surface area (TPSA) is 77.5 Å². The highest BCUT2D eigenvalue weighted by Gasteiger charge is 2.23. The van der Waals surface area contributed by atoms with Gasteiger partial charge in [0.05, 0.1) is 19.9 Å². The second kappa shape index (κ2) is 4.99. The second-order valence-electron chi connectivity index (χ2n) is 3.72. The summed E-state index contributed by atoms with van der Waals surface area (Å²) >= 11 is 0. The van der Waals surface area contributed by atoms with Gasteiger partial charge in [0.15, 0.2) is 0 Å². The summed E-state index contributed by atoms with van der Waals surface area (Å²) in [5, 5.41) is 0. The van der Waals surface area contributed by atoms with Crippen molar-refractivity contribution in [1.82, 2.24) is 9.71 Å². The van der Waals surface area contributed by atoms with Gasteiger partial charge in [-0.3, -0.25) is 0 Å². The Hall–Kier alpha value is -1.18. The van der Waals surface area contributed by atoms with Gasteiger partial charge in [0.2, 0.25) is 15.9 Å². The van der Waals surface area contributed by atoms with E-state index >= 15 is 0 Å². The van der Waals surface area contributed by atoms with E-state index in [4.69, 9.17) is 9.47 Å². The molecule has 7 heteroatoms. The van der Waals surface area contributed by atoms with E-state index in [0.29, 0.717) is 25.5 Å². The van der Waals surface area contributed by atoms with E-state index in [1.54, 1.807) is 0 Å². The van der Waals surface area contributed by atoms with Gasteiger partial charge in [-0.1, -0.05) is 0 Å². The van der Waals surface area contributed by atoms with E-state index in [1.807, 2.05) is 0 Å². The first-order chi connectivity index (χ1) is 8.12. The number of ether oxygens (including phenoxy) is 2. The fourth-order valence-corrected chi connectivity index (χ4v) is 2.76. The van der Waals surface area contributed by atoms with Crippen molar-refractivity contribution in [2.45, 2.75) is 17.4 Å². The van der Waals surface area contributed by atoms with Crippen molar-refractivity contribution in [3.8, 4) is 5.88 Å². The molecule has 1 N–H and O–H groups in total. The molecule has 1 aliphatic rings. The molecule has 0 aliphatic carbocycles. The highest BCUT2D eigenvalue weighted by atomic mass is 32.2. The summed E-state index contributed by atoms with van der Waals surface area (Å²) in [6.45, 7) is 1.01. The Labute approximate surface area is 100 Å². The molecule has 0 amide bonds. The predicted octanol–water partition coefficient (Wildman–Crippen LogP) is 0.157. The minimum absolute atomic E-state index is 0.130. The first-order valence-electron chi connectivity index (χ1n) is 5.22. The first-order valence-corrected chi connectivity index (χ1v) is 6.70. The van der Waals surface area contributed by atoms with E-state index in [2.05, 4.69) is 9.71 Å². The molecule has 17 heavy (non-hydrogen) atoms. The Morgan fingerprint density at radius 2 is 2.35 bits per heavy atom. The molecule has 1 saturated heterocycles. The zero-order valence-corrected chi connectivity index (χ0v) is 10.2. The van der Waals surface area contributed by atoms with Gasteiger partial charge in [-0.15, -0.1) is 0 Å². The number of hydrogen-bond donors (Lipinski definition) is 1. The Morgan fingerprint density at radius 1 is 1.53 bits per heavy atom. The van der Waals surface area contributed by atoms with Crippen LogP contribution in [0.1, 0.15) is 6.42 Å². The maximum Gasteiger partial charge on any atom is 0.242 e. The zero-order chi connectivity index (χ0) is 12.3. The van der Waals surface area contributed by atoms with Gasteiger partial charge in [-0.2, -0.15) is 0 Å². The summed E-state index contributed by atoms with van der Waals surface area (Å²) in [5.41, 5.74) is 0. The van der Waals surface area contributed by atoms with Crippen molar-refractivity contribution in [3.63, 3.8) is 0 Å². The van der Waals surface area contributed by atoms with Crippen molar-refractivity contribution in [3.05, 3.63) is 18.3 Å². The minimum Gasteiger partial charge on any atom is -0.481 e. The summed E-state index contributed by atoms with van der Waals surface area (Å²) in [6.07, 6.45) is 1.97. The third-order valence-electron chi connectivity index (χ3n) is 2.48. The molecule has 1 atom stereocenters. The number of rotatable bonds is 4. The SMILES string of the molecule is COc1ccc(S(=O)(=O)N[C@H]2CCOC2)cn1. The molecule has 1 aromatic rings. The van der Waals surface area contributed by atoms with Gasteiger partial charge in [0.1, 0.15) is 4.90 Å². The number of methoxy groups -OCH3 is 1. The van der Waals surface area contributed by atoms with Crippen LogP contribution in [0.15, 0.2) is 23.2 Å². The number of nitrogens with zero attached hydrogens (tertiary/aromatic N) is 1. The number of nitrogens with one attached hydrogen (secondary N) is 1. The van der Waals surface area contributed by atoms with E-state index in [9.17, 15) is 8.42 Å². The van der Waals surface area contributed by atoms with Crippen molar-refractivity contribution in [1.29, 1.82) is 0 Å². The summed E-state index contributed by atoms with van der Waals surface area (Å²) < 4.78 is 36.4. The largest absolute Gasteiger partial charge is 0.481 e.